The van der Waals surface area contributed by atoms with Gasteiger partial charge in [0.15, 0.2) is 0 Å². The molecule has 0 unspecified atom stereocenters. The molecule has 0 aliphatic carbocycles. The van der Waals surface area contributed by atoms with Crippen molar-refractivity contribution in [1.82, 2.24) is 0 Å². The third-order valence-electron chi connectivity index (χ3n) is 2.35. The maximum atomic E-state index is 11.9. The van der Waals surface area contributed by atoms with Crippen molar-refractivity contribution in [3.05, 3.63) is 35.9 Å². The Balaban J connectivity index is 2.63. The molecule has 0 aromatic heterocycles. The summed E-state index contributed by atoms with van der Waals surface area (Å²) in [5.74, 6) is -0.486. The number of hydrogen-bond donors (Lipinski definition) is 1. The van der Waals surface area contributed by atoms with Crippen molar-refractivity contribution < 1.29 is 9.53 Å². The molecule has 0 radical (unpaired) electrons. The minimum Gasteiger partial charge on any atom is -0.460 e. The number of esters is 1. The largest absolute Gasteiger partial charge is 0.460 e. The minimum absolute atomic E-state index is 0.219. The molecule has 0 fully saturated rings. The van der Waals surface area contributed by atoms with Gasteiger partial charge in [0.05, 0.1) is 5.92 Å². The Hall–Kier alpha value is -1.35. The third-order valence-corrected chi connectivity index (χ3v) is 2.35. The molecule has 1 atom stereocenters. The van der Waals surface area contributed by atoms with Gasteiger partial charge in [0.2, 0.25) is 0 Å². The highest BCUT2D eigenvalue weighted by atomic mass is 16.6. The Morgan fingerprint density at radius 1 is 1.29 bits per heavy atom. The van der Waals surface area contributed by atoms with E-state index >= 15 is 0 Å². The van der Waals surface area contributed by atoms with Crippen molar-refractivity contribution in [1.29, 1.82) is 0 Å². The molecule has 0 heterocycles. The van der Waals surface area contributed by atoms with Crippen molar-refractivity contribution in [3.63, 3.8) is 0 Å². The molecule has 0 saturated carbocycles. The average molecular weight is 235 g/mol. The molecule has 1 aromatic rings. The Kier molecular flexibility index (Phi) is 4.70. The zero-order valence-corrected chi connectivity index (χ0v) is 10.8. The highest BCUT2D eigenvalue weighted by Gasteiger charge is 2.24. The summed E-state index contributed by atoms with van der Waals surface area (Å²) in [6.07, 6.45) is 0.631. The lowest BCUT2D eigenvalue weighted by molar-refractivity contribution is -0.159. The van der Waals surface area contributed by atoms with Gasteiger partial charge in [0.1, 0.15) is 5.60 Å². The Labute approximate surface area is 103 Å². The number of ether oxygens (including phenoxy) is 1. The summed E-state index contributed by atoms with van der Waals surface area (Å²) in [4.78, 5) is 11.9. The van der Waals surface area contributed by atoms with Crippen LogP contribution in [0, 0.1) is 5.92 Å². The summed E-state index contributed by atoms with van der Waals surface area (Å²) in [5, 5.41) is 0. The monoisotopic (exact) mass is 235 g/mol. The molecule has 3 heteroatoms. The van der Waals surface area contributed by atoms with Crippen LogP contribution in [0.3, 0.4) is 0 Å². The fourth-order valence-corrected chi connectivity index (χ4v) is 1.55. The van der Waals surface area contributed by atoms with Gasteiger partial charge >= 0.3 is 5.97 Å². The first-order valence-corrected chi connectivity index (χ1v) is 5.89. The number of nitrogens with two attached hydrogens (primary N) is 1. The smallest absolute Gasteiger partial charge is 0.311 e. The van der Waals surface area contributed by atoms with Gasteiger partial charge < -0.3 is 10.5 Å². The molecule has 0 saturated heterocycles. The van der Waals surface area contributed by atoms with E-state index in [-0.39, 0.29) is 11.9 Å². The molecule has 1 rings (SSSR count). The molecule has 0 bridgehead atoms. The number of hydrogen-bond acceptors (Lipinski definition) is 3. The van der Waals surface area contributed by atoms with E-state index < -0.39 is 5.60 Å². The van der Waals surface area contributed by atoms with E-state index in [4.69, 9.17) is 10.5 Å². The van der Waals surface area contributed by atoms with Gasteiger partial charge in [-0.2, -0.15) is 0 Å². The van der Waals surface area contributed by atoms with Crippen LogP contribution < -0.4 is 5.73 Å². The predicted octanol–water partition coefficient (Wildman–Crippen LogP) is 2.15. The van der Waals surface area contributed by atoms with Crippen LogP contribution in [0.4, 0.5) is 0 Å². The van der Waals surface area contributed by atoms with Gasteiger partial charge in [-0.25, -0.2) is 0 Å². The van der Waals surface area contributed by atoms with Crippen LogP contribution in [0.5, 0.6) is 0 Å². The lowest BCUT2D eigenvalue weighted by Crippen LogP contribution is -2.33. The van der Waals surface area contributed by atoms with E-state index in [0.717, 1.165) is 5.56 Å². The summed E-state index contributed by atoms with van der Waals surface area (Å²) < 4.78 is 5.34. The maximum absolute atomic E-state index is 11.9. The van der Waals surface area contributed by atoms with Crippen LogP contribution in [-0.2, 0) is 16.0 Å². The Morgan fingerprint density at radius 3 is 2.35 bits per heavy atom. The lowest BCUT2D eigenvalue weighted by atomic mass is 9.99. The average Bonchev–Trinajstić information content (AvgIpc) is 2.24. The fourth-order valence-electron chi connectivity index (χ4n) is 1.55. The quantitative estimate of drug-likeness (QED) is 0.813. The van der Waals surface area contributed by atoms with Gasteiger partial charge in [-0.15, -0.1) is 0 Å². The first-order chi connectivity index (χ1) is 7.92. The standard InChI is InChI=1S/C14H21NO2/c1-14(2,3)17-13(16)12(10-15)9-11-7-5-4-6-8-11/h4-8,12H,9-10,15H2,1-3H3/t12-/m1/s1. The molecule has 17 heavy (non-hydrogen) atoms. The van der Waals surface area contributed by atoms with Crippen LogP contribution in [0.1, 0.15) is 26.3 Å². The lowest BCUT2D eigenvalue weighted by Gasteiger charge is -2.23. The first-order valence-electron chi connectivity index (χ1n) is 5.89. The zero-order chi connectivity index (χ0) is 12.9. The van der Waals surface area contributed by atoms with Gasteiger partial charge in [-0.1, -0.05) is 30.3 Å². The normalized spacial score (nSPS) is 13.2. The molecule has 0 aliphatic heterocycles. The number of carbonyl (C=O) groups excluding carboxylic acids is 1. The van der Waals surface area contributed by atoms with Crippen LogP contribution in [0.15, 0.2) is 30.3 Å². The topological polar surface area (TPSA) is 52.3 Å². The summed E-state index contributed by atoms with van der Waals surface area (Å²) in [6, 6.07) is 9.85. The molecular formula is C14H21NO2. The van der Waals surface area contributed by atoms with Crippen molar-refractivity contribution in [3.8, 4) is 0 Å². The van der Waals surface area contributed by atoms with E-state index in [1.807, 2.05) is 51.1 Å². The van der Waals surface area contributed by atoms with Crippen LogP contribution in [-0.4, -0.2) is 18.1 Å². The second-order valence-electron chi connectivity index (χ2n) is 5.16. The van der Waals surface area contributed by atoms with E-state index in [2.05, 4.69) is 0 Å². The van der Waals surface area contributed by atoms with E-state index in [1.165, 1.54) is 0 Å². The van der Waals surface area contributed by atoms with Gasteiger partial charge in [0, 0.05) is 6.54 Å². The van der Waals surface area contributed by atoms with Crippen molar-refractivity contribution in [2.45, 2.75) is 32.8 Å². The molecule has 94 valence electrons. The summed E-state index contributed by atoms with van der Waals surface area (Å²) in [5.41, 5.74) is 6.29. The minimum atomic E-state index is -0.457. The highest BCUT2D eigenvalue weighted by molar-refractivity contribution is 5.73. The molecular weight excluding hydrogens is 214 g/mol. The Bertz CT molecular complexity index is 354. The molecule has 0 amide bonds. The van der Waals surface area contributed by atoms with E-state index in [0.29, 0.717) is 13.0 Å². The molecule has 2 N–H and O–H groups in total. The predicted molar refractivity (Wildman–Crippen MR) is 68.5 cm³/mol. The second kappa shape index (κ2) is 5.82. The Morgan fingerprint density at radius 2 is 1.88 bits per heavy atom. The van der Waals surface area contributed by atoms with E-state index in [9.17, 15) is 4.79 Å². The van der Waals surface area contributed by atoms with Crippen LogP contribution in [0.2, 0.25) is 0 Å². The molecule has 1 aromatic carbocycles. The third kappa shape index (κ3) is 5.00. The number of rotatable bonds is 4. The van der Waals surface area contributed by atoms with Crippen molar-refractivity contribution in [2.24, 2.45) is 11.7 Å². The summed E-state index contributed by atoms with van der Waals surface area (Å²) in [7, 11) is 0. The molecule has 0 aliphatic rings. The van der Waals surface area contributed by atoms with Gasteiger partial charge in [0.25, 0.3) is 0 Å². The van der Waals surface area contributed by atoms with Crippen molar-refractivity contribution >= 4 is 5.97 Å². The summed E-state index contributed by atoms with van der Waals surface area (Å²) in [6.45, 7) is 5.90. The molecule has 0 spiro atoms. The SMILES string of the molecule is CC(C)(C)OC(=O)[C@@H](CN)Cc1ccccc1. The van der Waals surface area contributed by atoms with E-state index in [1.54, 1.807) is 0 Å². The highest BCUT2D eigenvalue weighted by Crippen LogP contribution is 2.14. The van der Waals surface area contributed by atoms with Crippen molar-refractivity contribution in [2.75, 3.05) is 6.54 Å². The zero-order valence-electron chi connectivity index (χ0n) is 10.8. The van der Waals surface area contributed by atoms with Gasteiger partial charge in [-0.3, -0.25) is 4.79 Å². The maximum Gasteiger partial charge on any atom is 0.311 e. The molecule has 3 nitrogen and oxygen atoms in total. The second-order valence-corrected chi connectivity index (χ2v) is 5.16. The summed E-state index contributed by atoms with van der Waals surface area (Å²) >= 11 is 0. The number of carbonyl (C=O) groups is 1. The number of benzene rings is 1. The first kappa shape index (κ1) is 13.7. The van der Waals surface area contributed by atoms with Crippen LogP contribution >= 0.6 is 0 Å². The fraction of sp³-hybridized carbons (Fsp3) is 0.500. The van der Waals surface area contributed by atoms with Gasteiger partial charge in [-0.05, 0) is 32.8 Å². The van der Waals surface area contributed by atoms with Crippen LogP contribution in [0.25, 0.3) is 0 Å².